The highest BCUT2D eigenvalue weighted by Crippen LogP contribution is 2.18. The van der Waals surface area contributed by atoms with Crippen LogP contribution in [0.3, 0.4) is 0 Å². The molecule has 2 aromatic rings. The Morgan fingerprint density at radius 3 is 3.21 bits per heavy atom. The Balaban J connectivity index is 1.68. The summed E-state index contributed by atoms with van der Waals surface area (Å²) in [4.78, 5) is 8.58. The van der Waals surface area contributed by atoms with E-state index >= 15 is 0 Å². The third-order valence-electron chi connectivity index (χ3n) is 3.14. The van der Waals surface area contributed by atoms with Gasteiger partial charge < -0.3 is 19.6 Å². The highest BCUT2D eigenvalue weighted by molar-refractivity contribution is 5.44. The molecular weight excluding hydrogens is 246 g/mol. The summed E-state index contributed by atoms with van der Waals surface area (Å²) in [5.74, 6) is 1.12. The van der Waals surface area contributed by atoms with Crippen LogP contribution in [0.25, 0.3) is 11.6 Å². The molecule has 1 aliphatic rings. The molecule has 0 aromatic carbocycles. The van der Waals surface area contributed by atoms with Crippen molar-refractivity contribution in [2.75, 3.05) is 13.2 Å². The van der Waals surface area contributed by atoms with Crippen molar-refractivity contribution in [3.63, 3.8) is 0 Å². The van der Waals surface area contributed by atoms with Gasteiger partial charge in [-0.1, -0.05) is 5.16 Å². The van der Waals surface area contributed by atoms with Gasteiger partial charge in [-0.05, 0) is 12.8 Å². The molecule has 2 aromatic heterocycles. The Morgan fingerprint density at radius 1 is 1.47 bits per heavy atom. The molecule has 1 atom stereocenters. The first-order chi connectivity index (χ1) is 9.35. The second-order valence-electron chi connectivity index (χ2n) is 4.64. The van der Waals surface area contributed by atoms with Gasteiger partial charge in [0.05, 0.1) is 12.4 Å². The molecule has 3 rings (SSSR count). The Kier molecular flexibility index (Phi) is 3.56. The van der Waals surface area contributed by atoms with Gasteiger partial charge in [0.25, 0.3) is 5.89 Å². The van der Waals surface area contributed by atoms with Crippen LogP contribution < -0.4 is 5.73 Å². The number of rotatable bonds is 5. The minimum absolute atomic E-state index is 0.222. The van der Waals surface area contributed by atoms with Crippen LogP contribution in [0.1, 0.15) is 18.7 Å². The van der Waals surface area contributed by atoms with Gasteiger partial charge in [0.2, 0.25) is 0 Å². The molecule has 7 nitrogen and oxygen atoms in total. The summed E-state index contributed by atoms with van der Waals surface area (Å²) < 4.78 is 12.7. The summed E-state index contributed by atoms with van der Waals surface area (Å²) in [6.07, 6.45) is 6.67. The van der Waals surface area contributed by atoms with Crippen LogP contribution in [0.15, 0.2) is 17.0 Å². The minimum atomic E-state index is 0.222. The molecule has 7 heteroatoms. The standard InChI is InChI=1S/C12H17N5O2/c13-3-4-17-7-10(14-8-17)12-15-11(16-19-12)6-9-2-1-5-18-9/h7-9H,1-6,13H2. The van der Waals surface area contributed by atoms with Crippen LogP contribution in [0.5, 0.6) is 0 Å². The first-order valence-electron chi connectivity index (χ1n) is 6.51. The number of hydrogen-bond donors (Lipinski definition) is 1. The molecule has 0 bridgehead atoms. The molecular formula is C12H17N5O2. The summed E-state index contributed by atoms with van der Waals surface area (Å²) in [7, 11) is 0. The monoisotopic (exact) mass is 263 g/mol. The van der Waals surface area contributed by atoms with E-state index in [1.165, 1.54) is 0 Å². The summed E-state index contributed by atoms with van der Waals surface area (Å²) in [5.41, 5.74) is 6.17. The molecule has 0 amide bonds. The number of imidazole rings is 1. The van der Waals surface area contributed by atoms with Crippen molar-refractivity contribution >= 4 is 0 Å². The molecule has 1 fully saturated rings. The molecule has 0 spiro atoms. The molecule has 1 saturated heterocycles. The maximum Gasteiger partial charge on any atom is 0.278 e. The average molecular weight is 263 g/mol. The normalized spacial score (nSPS) is 19.1. The van der Waals surface area contributed by atoms with E-state index in [0.717, 1.165) is 26.0 Å². The first kappa shape index (κ1) is 12.3. The largest absolute Gasteiger partial charge is 0.378 e. The fraction of sp³-hybridized carbons (Fsp3) is 0.583. The number of hydrogen-bond acceptors (Lipinski definition) is 6. The van der Waals surface area contributed by atoms with Gasteiger partial charge in [-0.25, -0.2) is 4.98 Å². The highest BCUT2D eigenvalue weighted by atomic mass is 16.5. The Hall–Kier alpha value is -1.73. The SMILES string of the molecule is NCCn1cnc(-c2nc(CC3CCCO3)no2)c1. The minimum Gasteiger partial charge on any atom is -0.378 e. The van der Waals surface area contributed by atoms with Gasteiger partial charge in [0.1, 0.15) is 5.69 Å². The Morgan fingerprint density at radius 2 is 2.42 bits per heavy atom. The highest BCUT2D eigenvalue weighted by Gasteiger charge is 2.19. The fourth-order valence-corrected chi connectivity index (χ4v) is 2.19. The van der Waals surface area contributed by atoms with Crippen molar-refractivity contribution in [1.82, 2.24) is 19.7 Å². The van der Waals surface area contributed by atoms with Crippen LogP contribution in [0, 0.1) is 0 Å². The second-order valence-corrected chi connectivity index (χ2v) is 4.64. The topological polar surface area (TPSA) is 92.0 Å². The van der Waals surface area contributed by atoms with Crippen molar-refractivity contribution in [2.45, 2.75) is 31.9 Å². The lowest BCUT2D eigenvalue weighted by atomic mass is 10.2. The van der Waals surface area contributed by atoms with E-state index in [4.69, 9.17) is 15.0 Å². The lowest BCUT2D eigenvalue weighted by molar-refractivity contribution is 0.109. The van der Waals surface area contributed by atoms with E-state index in [1.54, 1.807) is 6.33 Å². The third kappa shape index (κ3) is 2.82. The van der Waals surface area contributed by atoms with Gasteiger partial charge in [-0.3, -0.25) is 0 Å². The van der Waals surface area contributed by atoms with E-state index in [0.29, 0.717) is 30.4 Å². The lowest BCUT2D eigenvalue weighted by Crippen LogP contribution is -2.09. The van der Waals surface area contributed by atoms with Gasteiger partial charge in [0, 0.05) is 32.3 Å². The molecule has 2 N–H and O–H groups in total. The number of ether oxygens (including phenoxy) is 1. The summed E-state index contributed by atoms with van der Waals surface area (Å²) >= 11 is 0. The smallest absolute Gasteiger partial charge is 0.278 e. The van der Waals surface area contributed by atoms with E-state index in [9.17, 15) is 0 Å². The van der Waals surface area contributed by atoms with Crippen molar-refractivity contribution in [3.8, 4) is 11.6 Å². The quantitative estimate of drug-likeness (QED) is 0.849. The van der Waals surface area contributed by atoms with E-state index < -0.39 is 0 Å². The number of aromatic nitrogens is 4. The van der Waals surface area contributed by atoms with Crippen molar-refractivity contribution in [3.05, 3.63) is 18.3 Å². The first-order valence-corrected chi connectivity index (χ1v) is 6.51. The van der Waals surface area contributed by atoms with Gasteiger partial charge in [0.15, 0.2) is 5.82 Å². The third-order valence-corrected chi connectivity index (χ3v) is 3.14. The molecule has 19 heavy (non-hydrogen) atoms. The van der Waals surface area contributed by atoms with Crippen molar-refractivity contribution in [2.24, 2.45) is 5.73 Å². The average Bonchev–Trinajstić information content (AvgIpc) is 3.10. The predicted octanol–water partition coefficient (Wildman–Crippen LogP) is 0.613. The van der Waals surface area contributed by atoms with E-state index in [2.05, 4.69) is 15.1 Å². The lowest BCUT2D eigenvalue weighted by Gasteiger charge is -2.03. The summed E-state index contributed by atoms with van der Waals surface area (Å²) in [6, 6.07) is 0. The fourth-order valence-electron chi connectivity index (χ4n) is 2.19. The Bertz CT molecular complexity index is 530. The number of nitrogens with zero attached hydrogens (tertiary/aromatic N) is 4. The van der Waals surface area contributed by atoms with Crippen LogP contribution in [-0.2, 0) is 17.7 Å². The molecule has 0 aliphatic carbocycles. The molecule has 3 heterocycles. The molecule has 102 valence electrons. The molecule has 0 radical (unpaired) electrons. The van der Waals surface area contributed by atoms with Crippen LogP contribution in [0.4, 0.5) is 0 Å². The predicted molar refractivity (Wildman–Crippen MR) is 67.3 cm³/mol. The zero-order valence-corrected chi connectivity index (χ0v) is 10.7. The molecule has 1 aliphatic heterocycles. The van der Waals surface area contributed by atoms with E-state index in [1.807, 2.05) is 10.8 Å². The zero-order valence-electron chi connectivity index (χ0n) is 10.7. The van der Waals surface area contributed by atoms with Crippen LogP contribution in [-0.4, -0.2) is 38.9 Å². The zero-order chi connectivity index (χ0) is 13.1. The van der Waals surface area contributed by atoms with Crippen molar-refractivity contribution < 1.29 is 9.26 Å². The van der Waals surface area contributed by atoms with E-state index in [-0.39, 0.29) is 6.10 Å². The maximum absolute atomic E-state index is 5.55. The van der Waals surface area contributed by atoms with Gasteiger partial charge >= 0.3 is 0 Å². The van der Waals surface area contributed by atoms with Crippen LogP contribution in [0.2, 0.25) is 0 Å². The van der Waals surface area contributed by atoms with Gasteiger partial charge in [-0.15, -0.1) is 0 Å². The molecule has 0 saturated carbocycles. The number of nitrogens with two attached hydrogens (primary N) is 1. The van der Waals surface area contributed by atoms with Gasteiger partial charge in [-0.2, -0.15) is 4.98 Å². The maximum atomic E-state index is 5.55. The van der Waals surface area contributed by atoms with Crippen molar-refractivity contribution in [1.29, 1.82) is 0 Å². The molecule has 1 unspecified atom stereocenters. The summed E-state index contributed by atoms with van der Waals surface area (Å²) in [5, 5.41) is 3.97. The Labute approximate surface area is 110 Å². The second kappa shape index (κ2) is 5.50. The summed E-state index contributed by atoms with van der Waals surface area (Å²) in [6.45, 7) is 2.13. The van der Waals surface area contributed by atoms with Crippen LogP contribution >= 0.6 is 0 Å².